The lowest BCUT2D eigenvalue weighted by Crippen LogP contribution is -2.38. The Labute approximate surface area is 163 Å². The highest BCUT2D eigenvalue weighted by Crippen LogP contribution is 2.24. The summed E-state index contributed by atoms with van der Waals surface area (Å²) >= 11 is 1.76. The number of thiophene rings is 1. The van der Waals surface area contributed by atoms with Crippen molar-refractivity contribution in [2.75, 3.05) is 11.9 Å². The second-order valence-corrected chi connectivity index (χ2v) is 8.52. The lowest BCUT2D eigenvalue weighted by molar-refractivity contribution is 0.0523. The van der Waals surface area contributed by atoms with E-state index in [1.807, 2.05) is 49.9 Å². The molecule has 0 radical (unpaired) electrons. The molecule has 1 aliphatic rings. The Morgan fingerprint density at radius 1 is 1.19 bits per heavy atom. The standard InChI is InChI=1S/C20H25N3O3S/c1-20(2,3)26-19(25)21-12-14-4-6-16(7-5-14)22-18(24)23-10-8-17-15(13-23)9-11-27-17/h4-7,9,11H,8,10,12-13H2,1-3H3,(H,21,25)(H,22,24). The molecule has 0 spiro atoms. The number of hydrogen-bond donors (Lipinski definition) is 2. The third-order valence-corrected chi connectivity index (χ3v) is 5.16. The van der Waals surface area contributed by atoms with Gasteiger partial charge in [-0.2, -0.15) is 0 Å². The highest BCUT2D eigenvalue weighted by molar-refractivity contribution is 7.10. The van der Waals surface area contributed by atoms with Crippen LogP contribution in [0.5, 0.6) is 0 Å². The van der Waals surface area contributed by atoms with Gasteiger partial charge in [0.1, 0.15) is 5.60 Å². The van der Waals surface area contributed by atoms with E-state index in [-0.39, 0.29) is 6.03 Å². The number of fused-ring (bicyclic) bond motifs is 1. The van der Waals surface area contributed by atoms with Crippen molar-refractivity contribution in [2.24, 2.45) is 0 Å². The topological polar surface area (TPSA) is 70.7 Å². The number of benzene rings is 1. The predicted molar refractivity (Wildman–Crippen MR) is 107 cm³/mol. The molecule has 3 amide bonds. The zero-order valence-electron chi connectivity index (χ0n) is 15.9. The molecule has 0 aliphatic carbocycles. The van der Waals surface area contributed by atoms with E-state index in [9.17, 15) is 9.59 Å². The molecule has 6 nitrogen and oxygen atoms in total. The fourth-order valence-corrected chi connectivity index (χ4v) is 3.71. The van der Waals surface area contributed by atoms with Gasteiger partial charge in [0.05, 0.1) is 0 Å². The number of ether oxygens (including phenoxy) is 1. The van der Waals surface area contributed by atoms with E-state index in [4.69, 9.17) is 4.74 Å². The van der Waals surface area contributed by atoms with Crippen molar-refractivity contribution in [1.29, 1.82) is 0 Å². The molecule has 3 rings (SSSR count). The van der Waals surface area contributed by atoms with Gasteiger partial charge in [-0.05, 0) is 61.9 Å². The highest BCUT2D eigenvalue weighted by atomic mass is 32.1. The third kappa shape index (κ3) is 5.47. The molecule has 1 aromatic carbocycles. The van der Waals surface area contributed by atoms with Gasteiger partial charge in [0, 0.05) is 30.2 Å². The summed E-state index contributed by atoms with van der Waals surface area (Å²) in [7, 11) is 0. The van der Waals surface area contributed by atoms with Gasteiger partial charge >= 0.3 is 12.1 Å². The number of urea groups is 1. The van der Waals surface area contributed by atoms with Gasteiger partial charge in [-0.25, -0.2) is 9.59 Å². The van der Waals surface area contributed by atoms with Gasteiger partial charge in [0.15, 0.2) is 0 Å². The smallest absolute Gasteiger partial charge is 0.407 e. The first-order valence-electron chi connectivity index (χ1n) is 8.97. The van der Waals surface area contributed by atoms with Crippen LogP contribution in [-0.4, -0.2) is 29.2 Å². The molecule has 0 saturated carbocycles. The first kappa shape index (κ1) is 19.2. The summed E-state index contributed by atoms with van der Waals surface area (Å²) in [4.78, 5) is 27.4. The SMILES string of the molecule is CC(C)(C)OC(=O)NCc1ccc(NC(=O)N2CCc3sccc3C2)cc1. The molecule has 2 heterocycles. The number of amides is 3. The number of carbonyl (C=O) groups is 2. The number of nitrogens with one attached hydrogen (secondary N) is 2. The maximum Gasteiger partial charge on any atom is 0.407 e. The monoisotopic (exact) mass is 387 g/mol. The minimum Gasteiger partial charge on any atom is -0.444 e. The van der Waals surface area contributed by atoms with Crippen LogP contribution in [0.25, 0.3) is 0 Å². The van der Waals surface area contributed by atoms with Crippen LogP contribution in [0.15, 0.2) is 35.7 Å². The highest BCUT2D eigenvalue weighted by Gasteiger charge is 2.21. The van der Waals surface area contributed by atoms with E-state index in [0.717, 1.165) is 24.2 Å². The van der Waals surface area contributed by atoms with Crippen LogP contribution in [0.3, 0.4) is 0 Å². The summed E-state index contributed by atoms with van der Waals surface area (Å²) in [5.74, 6) is 0. The molecule has 0 saturated heterocycles. The zero-order chi connectivity index (χ0) is 19.4. The Hall–Kier alpha value is -2.54. The van der Waals surface area contributed by atoms with Gasteiger partial charge in [-0.3, -0.25) is 0 Å². The van der Waals surface area contributed by atoms with Crippen LogP contribution in [0, 0.1) is 0 Å². The van der Waals surface area contributed by atoms with Crippen LogP contribution in [-0.2, 0) is 24.2 Å². The molecule has 0 unspecified atom stereocenters. The van der Waals surface area contributed by atoms with Gasteiger partial charge in [0.2, 0.25) is 0 Å². The van der Waals surface area contributed by atoms with Crippen molar-refractivity contribution >= 4 is 29.1 Å². The zero-order valence-corrected chi connectivity index (χ0v) is 16.7. The van der Waals surface area contributed by atoms with Crippen molar-refractivity contribution in [2.45, 2.75) is 45.9 Å². The summed E-state index contributed by atoms with van der Waals surface area (Å²) in [6.07, 6.45) is 0.466. The largest absolute Gasteiger partial charge is 0.444 e. The number of rotatable bonds is 3. The summed E-state index contributed by atoms with van der Waals surface area (Å²) in [5, 5.41) is 7.73. The van der Waals surface area contributed by atoms with Crippen molar-refractivity contribution in [1.82, 2.24) is 10.2 Å². The Morgan fingerprint density at radius 2 is 1.93 bits per heavy atom. The van der Waals surface area contributed by atoms with Crippen molar-refractivity contribution in [3.63, 3.8) is 0 Å². The Kier molecular flexibility index (Phi) is 5.70. The average molecular weight is 388 g/mol. The van der Waals surface area contributed by atoms with E-state index in [1.165, 1.54) is 10.4 Å². The van der Waals surface area contributed by atoms with Gasteiger partial charge in [-0.15, -0.1) is 11.3 Å². The molecule has 0 fully saturated rings. The maximum atomic E-state index is 12.5. The molecule has 27 heavy (non-hydrogen) atoms. The van der Waals surface area contributed by atoms with Gasteiger partial charge in [-0.1, -0.05) is 12.1 Å². The van der Waals surface area contributed by atoms with E-state index < -0.39 is 11.7 Å². The van der Waals surface area contributed by atoms with Crippen molar-refractivity contribution in [3.8, 4) is 0 Å². The number of hydrogen-bond acceptors (Lipinski definition) is 4. The van der Waals surface area contributed by atoms with Crippen LogP contribution in [0.1, 0.15) is 36.8 Å². The summed E-state index contributed by atoms with van der Waals surface area (Å²) in [6, 6.07) is 9.42. The van der Waals surface area contributed by atoms with Gasteiger partial charge in [0.25, 0.3) is 0 Å². The quantitative estimate of drug-likeness (QED) is 0.822. The second-order valence-electron chi connectivity index (χ2n) is 7.52. The van der Waals surface area contributed by atoms with E-state index in [0.29, 0.717) is 13.1 Å². The molecule has 2 aromatic rings. The molecular formula is C20H25N3O3S. The maximum absolute atomic E-state index is 12.5. The number of nitrogens with zero attached hydrogens (tertiary/aromatic N) is 1. The molecule has 7 heteroatoms. The fraction of sp³-hybridized carbons (Fsp3) is 0.400. The van der Waals surface area contributed by atoms with Crippen LogP contribution in [0.2, 0.25) is 0 Å². The van der Waals surface area contributed by atoms with Crippen molar-refractivity contribution in [3.05, 3.63) is 51.7 Å². The second kappa shape index (κ2) is 8.00. The molecular weight excluding hydrogens is 362 g/mol. The molecule has 0 atom stereocenters. The fourth-order valence-electron chi connectivity index (χ4n) is 2.82. The first-order chi connectivity index (χ1) is 12.8. The van der Waals surface area contributed by atoms with Crippen molar-refractivity contribution < 1.29 is 14.3 Å². The first-order valence-corrected chi connectivity index (χ1v) is 9.85. The van der Waals surface area contributed by atoms with E-state index >= 15 is 0 Å². The van der Waals surface area contributed by atoms with Crippen LogP contribution in [0.4, 0.5) is 15.3 Å². The van der Waals surface area contributed by atoms with Gasteiger partial charge < -0.3 is 20.3 Å². The predicted octanol–water partition coefficient (Wildman–Crippen LogP) is 4.36. The Morgan fingerprint density at radius 3 is 2.63 bits per heavy atom. The lowest BCUT2D eigenvalue weighted by atomic mass is 10.1. The normalized spacial score (nSPS) is 13.7. The van der Waals surface area contributed by atoms with Crippen LogP contribution >= 0.6 is 11.3 Å². The average Bonchev–Trinajstić information content (AvgIpc) is 3.07. The Bertz CT molecular complexity index is 809. The molecule has 144 valence electrons. The summed E-state index contributed by atoms with van der Waals surface area (Å²) in [5.41, 5.74) is 2.39. The summed E-state index contributed by atoms with van der Waals surface area (Å²) < 4.78 is 5.21. The minimum atomic E-state index is -0.517. The van der Waals surface area contributed by atoms with E-state index in [2.05, 4.69) is 22.1 Å². The number of alkyl carbamates (subject to hydrolysis) is 1. The number of carbonyl (C=O) groups excluding carboxylic acids is 2. The molecule has 1 aromatic heterocycles. The summed E-state index contributed by atoms with van der Waals surface area (Å²) in [6.45, 7) is 7.23. The lowest BCUT2D eigenvalue weighted by Gasteiger charge is -2.27. The van der Waals surface area contributed by atoms with Crippen LogP contribution < -0.4 is 10.6 Å². The third-order valence-electron chi connectivity index (χ3n) is 4.14. The molecule has 1 aliphatic heterocycles. The minimum absolute atomic E-state index is 0.0912. The van der Waals surface area contributed by atoms with E-state index in [1.54, 1.807) is 11.3 Å². The molecule has 0 bridgehead atoms. The Balaban J connectivity index is 1.49. The molecule has 2 N–H and O–H groups in total. The number of anilines is 1.